The molecule has 2 aromatic carbocycles. The van der Waals surface area contributed by atoms with Gasteiger partial charge < -0.3 is 9.64 Å². The highest BCUT2D eigenvalue weighted by Crippen LogP contribution is 2.28. The molecule has 0 saturated carbocycles. The van der Waals surface area contributed by atoms with Crippen LogP contribution in [0.3, 0.4) is 0 Å². The number of benzene rings is 2. The van der Waals surface area contributed by atoms with Gasteiger partial charge in [-0.25, -0.2) is 0 Å². The van der Waals surface area contributed by atoms with Crippen molar-refractivity contribution in [1.82, 2.24) is 4.90 Å². The third-order valence-corrected chi connectivity index (χ3v) is 4.61. The lowest BCUT2D eigenvalue weighted by atomic mass is 10.2. The molecule has 1 heterocycles. The molecule has 0 atom stereocenters. The highest BCUT2D eigenvalue weighted by atomic mass is 35.5. The number of rotatable bonds is 6. The summed E-state index contributed by atoms with van der Waals surface area (Å²) >= 11 is 6.07. The first-order chi connectivity index (χ1) is 12.1. The lowest BCUT2D eigenvalue weighted by Crippen LogP contribution is -2.47. The number of hydrogen-bond acceptors (Lipinski definition) is 5. The largest absolute Gasteiger partial charge is 0.491 e. The Balaban J connectivity index is 1.49. The fourth-order valence-corrected chi connectivity index (χ4v) is 3.14. The number of halogens is 1. The quantitative estimate of drug-likeness (QED) is 0.582. The van der Waals surface area contributed by atoms with Gasteiger partial charge in [0.15, 0.2) is 0 Å². The molecule has 3 rings (SSSR count). The van der Waals surface area contributed by atoms with Gasteiger partial charge in [-0.1, -0.05) is 35.9 Å². The van der Waals surface area contributed by atoms with Crippen molar-refractivity contribution < 1.29 is 9.66 Å². The summed E-state index contributed by atoms with van der Waals surface area (Å²) in [5.74, 6) is 0.697. The highest BCUT2D eigenvalue weighted by Gasteiger charge is 2.23. The first-order valence-electron chi connectivity index (χ1n) is 8.23. The Hall–Kier alpha value is -2.31. The number of nitrogens with zero attached hydrogens (tertiary/aromatic N) is 3. The summed E-state index contributed by atoms with van der Waals surface area (Å²) in [4.78, 5) is 15.2. The molecular formula is C18H20ClN3O3. The minimum Gasteiger partial charge on any atom is -0.491 e. The van der Waals surface area contributed by atoms with Crippen LogP contribution in [-0.4, -0.2) is 49.2 Å². The van der Waals surface area contributed by atoms with Crippen LogP contribution in [0.2, 0.25) is 5.02 Å². The summed E-state index contributed by atoms with van der Waals surface area (Å²) in [5.41, 5.74) is 0.859. The fraction of sp³-hybridized carbons (Fsp3) is 0.333. The van der Waals surface area contributed by atoms with E-state index in [0.29, 0.717) is 23.1 Å². The van der Waals surface area contributed by atoms with E-state index in [1.807, 2.05) is 36.4 Å². The molecule has 1 fully saturated rings. The molecule has 25 heavy (non-hydrogen) atoms. The van der Waals surface area contributed by atoms with Crippen molar-refractivity contribution in [3.63, 3.8) is 0 Å². The van der Waals surface area contributed by atoms with E-state index in [4.69, 9.17) is 16.3 Å². The number of piperazine rings is 1. The molecule has 0 spiro atoms. The predicted octanol–water partition coefficient (Wildman–Crippen LogP) is 3.45. The Morgan fingerprint density at radius 3 is 2.44 bits per heavy atom. The maximum atomic E-state index is 11.2. The molecule has 0 amide bonds. The predicted molar refractivity (Wildman–Crippen MR) is 98.7 cm³/mol. The maximum absolute atomic E-state index is 11.2. The van der Waals surface area contributed by atoms with E-state index < -0.39 is 0 Å². The summed E-state index contributed by atoms with van der Waals surface area (Å²) < 4.78 is 5.73. The number of nitro groups is 1. The minimum atomic E-state index is -0.320. The van der Waals surface area contributed by atoms with Crippen LogP contribution in [0, 0.1) is 10.1 Å². The molecule has 132 valence electrons. The zero-order valence-electron chi connectivity index (χ0n) is 13.8. The van der Waals surface area contributed by atoms with Crippen molar-refractivity contribution in [2.75, 3.05) is 44.2 Å². The molecule has 0 N–H and O–H groups in total. The smallest absolute Gasteiger partial charge is 0.292 e. The summed E-state index contributed by atoms with van der Waals surface area (Å²) in [5, 5.41) is 11.8. The van der Waals surface area contributed by atoms with Crippen molar-refractivity contribution in [3.05, 3.63) is 63.7 Å². The van der Waals surface area contributed by atoms with Crippen LogP contribution < -0.4 is 9.64 Å². The van der Waals surface area contributed by atoms with Crippen molar-refractivity contribution in [3.8, 4) is 5.75 Å². The van der Waals surface area contributed by atoms with Crippen molar-refractivity contribution >= 4 is 23.0 Å². The van der Waals surface area contributed by atoms with E-state index in [-0.39, 0.29) is 10.6 Å². The van der Waals surface area contributed by atoms with Gasteiger partial charge in [0.2, 0.25) is 0 Å². The molecule has 2 aromatic rings. The first kappa shape index (κ1) is 17.5. The summed E-state index contributed by atoms with van der Waals surface area (Å²) in [6.07, 6.45) is 0. The van der Waals surface area contributed by atoms with E-state index in [1.165, 1.54) is 0 Å². The van der Waals surface area contributed by atoms with Gasteiger partial charge in [0, 0.05) is 38.8 Å². The van der Waals surface area contributed by atoms with Crippen molar-refractivity contribution in [2.45, 2.75) is 0 Å². The molecule has 1 aliphatic rings. The fourth-order valence-electron chi connectivity index (χ4n) is 2.94. The van der Waals surface area contributed by atoms with Gasteiger partial charge in [-0.05, 0) is 18.2 Å². The average Bonchev–Trinajstić information content (AvgIpc) is 2.64. The van der Waals surface area contributed by atoms with E-state index in [2.05, 4.69) is 9.80 Å². The van der Waals surface area contributed by atoms with Gasteiger partial charge in [0.05, 0.1) is 9.95 Å². The first-order valence-corrected chi connectivity index (χ1v) is 8.61. The topological polar surface area (TPSA) is 58.9 Å². The van der Waals surface area contributed by atoms with Gasteiger partial charge in [0.1, 0.15) is 18.0 Å². The van der Waals surface area contributed by atoms with Gasteiger partial charge >= 0.3 is 0 Å². The molecular weight excluding hydrogens is 342 g/mol. The van der Waals surface area contributed by atoms with Crippen LogP contribution in [0.5, 0.6) is 5.75 Å². The normalized spacial score (nSPS) is 15.2. The lowest BCUT2D eigenvalue weighted by Gasteiger charge is -2.35. The Labute approximate surface area is 151 Å². The number of nitro benzene ring substituents is 1. The van der Waals surface area contributed by atoms with Gasteiger partial charge in [-0.15, -0.1) is 0 Å². The summed E-state index contributed by atoms with van der Waals surface area (Å²) in [6.45, 7) is 4.58. The third-order valence-electron chi connectivity index (χ3n) is 4.29. The van der Waals surface area contributed by atoms with Gasteiger partial charge in [-0.2, -0.15) is 0 Å². The van der Waals surface area contributed by atoms with Crippen LogP contribution in [0.25, 0.3) is 0 Å². The second kappa shape index (κ2) is 8.18. The Bertz CT molecular complexity index is 733. The van der Waals surface area contributed by atoms with E-state index in [9.17, 15) is 10.1 Å². The monoisotopic (exact) mass is 361 g/mol. The second-order valence-electron chi connectivity index (χ2n) is 5.85. The minimum absolute atomic E-state index is 0.165. The lowest BCUT2D eigenvalue weighted by molar-refractivity contribution is -0.384. The molecule has 0 bridgehead atoms. The van der Waals surface area contributed by atoms with Crippen molar-refractivity contribution in [1.29, 1.82) is 0 Å². The molecule has 6 nitrogen and oxygen atoms in total. The summed E-state index contributed by atoms with van der Waals surface area (Å²) in [6, 6.07) is 14.3. The zero-order chi connectivity index (χ0) is 17.6. The summed E-state index contributed by atoms with van der Waals surface area (Å²) in [7, 11) is 0. The maximum Gasteiger partial charge on any atom is 0.292 e. The van der Waals surface area contributed by atoms with Crippen LogP contribution in [0.1, 0.15) is 0 Å². The average molecular weight is 362 g/mol. The molecule has 1 saturated heterocycles. The zero-order valence-corrected chi connectivity index (χ0v) is 14.6. The number of anilines is 1. The Kier molecular flexibility index (Phi) is 5.73. The van der Waals surface area contributed by atoms with E-state index >= 15 is 0 Å². The van der Waals surface area contributed by atoms with Crippen LogP contribution in [-0.2, 0) is 0 Å². The van der Waals surface area contributed by atoms with Gasteiger partial charge in [0.25, 0.3) is 5.69 Å². The van der Waals surface area contributed by atoms with Crippen LogP contribution >= 0.6 is 11.6 Å². The number of hydrogen-bond donors (Lipinski definition) is 0. The molecule has 0 radical (unpaired) electrons. The molecule has 1 aliphatic heterocycles. The van der Waals surface area contributed by atoms with E-state index in [0.717, 1.165) is 32.7 Å². The van der Waals surface area contributed by atoms with Gasteiger partial charge in [-0.3, -0.25) is 15.0 Å². The molecule has 0 aliphatic carbocycles. The Morgan fingerprint density at radius 1 is 1.04 bits per heavy atom. The molecule has 0 unspecified atom stereocenters. The second-order valence-corrected chi connectivity index (χ2v) is 6.26. The standard InChI is InChI=1S/C18H20ClN3O3/c19-15-5-1-4-8-18(15)25-14-13-20-9-11-21(12-10-20)16-6-2-3-7-17(16)22(23)24/h1-8H,9-14H2. The third kappa shape index (κ3) is 4.41. The SMILES string of the molecule is O=[N+]([O-])c1ccccc1N1CCN(CCOc2ccccc2Cl)CC1. The van der Waals surface area contributed by atoms with Crippen LogP contribution in [0.4, 0.5) is 11.4 Å². The van der Waals surface area contributed by atoms with Crippen molar-refractivity contribution in [2.24, 2.45) is 0 Å². The molecule has 7 heteroatoms. The highest BCUT2D eigenvalue weighted by molar-refractivity contribution is 6.32. The Morgan fingerprint density at radius 2 is 1.72 bits per heavy atom. The molecule has 0 aromatic heterocycles. The van der Waals surface area contributed by atoms with E-state index in [1.54, 1.807) is 12.1 Å². The number of ether oxygens (including phenoxy) is 1. The number of para-hydroxylation sites is 3. The van der Waals surface area contributed by atoms with Crippen LogP contribution in [0.15, 0.2) is 48.5 Å².